The smallest absolute Gasteiger partial charge is 0.327 e. The molecule has 1 unspecified atom stereocenters. The molecule has 1 aromatic heterocycles. The average molecular weight is 420 g/mol. The molecule has 0 saturated carbocycles. The monoisotopic (exact) mass is 419 g/mol. The van der Waals surface area contributed by atoms with Crippen molar-refractivity contribution in [2.75, 3.05) is 20.3 Å². The van der Waals surface area contributed by atoms with Crippen molar-refractivity contribution < 1.29 is 23.8 Å². The quantitative estimate of drug-likeness (QED) is 0.694. The number of carbonyl (C=O) groups is 2. The molecule has 0 amide bonds. The number of hydrogen-bond donors (Lipinski definition) is 0. The molecule has 4 atom stereocenters. The van der Waals surface area contributed by atoms with Crippen LogP contribution in [-0.4, -0.2) is 58.0 Å². The summed E-state index contributed by atoms with van der Waals surface area (Å²) >= 11 is 0. The Labute approximate surface area is 177 Å². The summed E-state index contributed by atoms with van der Waals surface area (Å²) in [6.45, 7) is 7.08. The van der Waals surface area contributed by atoms with E-state index in [1.165, 1.54) is 7.11 Å². The van der Waals surface area contributed by atoms with Crippen molar-refractivity contribution in [3.8, 4) is 0 Å². The number of esters is 2. The fourth-order valence-electron chi connectivity index (χ4n) is 5.23. The molecule has 3 fully saturated rings. The minimum absolute atomic E-state index is 0.0697. The Morgan fingerprint density at radius 3 is 2.73 bits per heavy atom. The van der Waals surface area contributed by atoms with Crippen molar-refractivity contribution in [1.29, 1.82) is 0 Å². The van der Waals surface area contributed by atoms with Crippen LogP contribution in [0.2, 0.25) is 0 Å². The zero-order valence-electron chi connectivity index (χ0n) is 18.4. The molecular weight excluding hydrogens is 386 g/mol. The summed E-state index contributed by atoms with van der Waals surface area (Å²) in [5.74, 6) is -1.02. The lowest BCUT2D eigenvalue weighted by molar-refractivity contribution is -0.167. The fraction of sp³-hybridized carbons (Fsp3) is 0.773. The predicted octanol–water partition coefficient (Wildman–Crippen LogP) is 2.99. The summed E-state index contributed by atoms with van der Waals surface area (Å²) in [7, 11) is 1.40. The van der Waals surface area contributed by atoms with Gasteiger partial charge in [-0.1, -0.05) is 0 Å². The molecule has 4 rings (SSSR count). The van der Waals surface area contributed by atoms with Crippen LogP contribution in [0, 0.1) is 5.92 Å². The van der Waals surface area contributed by atoms with E-state index in [2.05, 4.69) is 4.90 Å². The van der Waals surface area contributed by atoms with Crippen LogP contribution in [0.15, 0.2) is 12.3 Å². The third-order valence-electron chi connectivity index (χ3n) is 6.48. The summed E-state index contributed by atoms with van der Waals surface area (Å²) in [4.78, 5) is 28.2. The number of nitrogens with zero attached hydrogens (tertiary/aromatic N) is 3. The van der Waals surface area contributed by atoms with Crippen LogP contribution < -0.4 is 0 Å². The van der Waals surface area contributed by atoms with Gasteiger partial charge in [-0.2, -0.15) is 5.10 Å². The maximum Gasteiger partial charge on any atom is 0.327 e. The Morgan fingerprint density at radius 2 is 2.07 bits per heavy atom. The fourth-order valence-corrected chi connectivity index (χ4v) is 5.23. The third kappa shape index (κ3) is 3.75. The van der Waals surface area contributed by atoms with Crippen molar-refractivity contribution in [1.82, 2.24) is 14.7 Å². The van der Waals surface area contributed by atoms with Crippen LogP contribution in [0.4, 0.5) is 0 Å². The molecule has 3 aliphatic heterocycles. The molecule has 8 heteroatoms. The summed E-state index contributed by atoms with van der Waals surface area (Å²) < 4.78 is 18.6. The van der Waals surface area contributed by atoms with Crippen LogP contribution in [0.1, 0.15) is 77.3 Å². The summed E-state index contributed by atoms with van der Waals surface area (Å²) in [6.07, 6.45) is 6.92. The second-order valence-electron chi connectivity index (χ2n) is 9.65. The SMILES string of the molecule is COC(=O)[C@H]1C[C@@]2(C(=O)OC(C)(C)C)CCCN2[C@H]1c1ccn(C2CCCCO2)n1. The summed E-state index contributed by atoms with van der Waals surface area (Å²) in [6, 6.07) is 1.64. The number of fused-ring (bicyclic) bond motifs is 1. The van der Waals surface area contributed by atoms with E-state index >= 15 is 0 Å². The maximum absolute atomic E-state index is 13.3. The first kappa shape index (κ1) is 21.3. The Morgan fingerprint density at radius 1 is 1.27 bits per heavy atom. The van der Waals surface area contributed by atoms with Crippen molar-refractivity contribution in [2.24, 2.45) is 5.92 Å². The van der Waals surface area contributed by atoms with Crippen LogP contribution >= 0.6 is 0 Å². The van der Waals surface area contributed by atoms with Crippen LogP contribution in [0.25, 0.3) is 0 Å². The Hall–Kier alpha value is -1.93. The number of rotatable bonds is 4. The van der Waals surface area contributed by atoms with Gasteiger partial charge in [-0.15, -0.1) is 0 Å². The van der Waals surface area contributed by atoms with Crippen molar-refractivity contribution in [3.63, 3.8) is 0 Å². The maximum atomic E-state index is 13.3. The Bertz CT molecular complexity index is 795. The first-order chi connectivity index (χ1) is 14.2. The lowest BCUT2D eigenvalue weighted by atomic mass is 9.88. The van der Waals surface area contributed by atoms with Gasteiger partial charge in [0.05, 0.1) is 24.8 Å². The number of methoxy groups -OCH3 is 1. The molecule has 3 saturated heterocycles. The molecule has 0 bridgehead atoms. The molecule has 0 aliphatic carbocycles. The number of ether oxygens (including phenoxy) is 3. The number of carbonyl (C=O) groups excluding carboxylic acids is 2. The van der Waals surface area contributed by atoms with Gasteiger partial charge < -0.3 is 14.2 Å². The molecular formula is C22H33N3O5. The molecule has 30 heavy (non-hydrogen) atoms. The molecule has 0 aromatic carbocycles. The van der Waals surface area contributed by atoms with Gasteiger partial charge in [-0.25, -0.2) is 4.68 Å². The van der Waals surface area contributed by atoms with Gasteiger partial charge in [-0.05, 0) is 65.4 Å². The van der Waals surface area contributed by atoms with E-state index in [1.807, 2.05) is 37.7 Å². The van der Waals surface area contributed by atoms with Gasteiger partial charge in [0, 0.05) is 19.3 Å². The van der Waals surface area contributed by atoms with Gasteiger partial charge in [-0.3, -0.25) is 14.5 Å². The van der Waals surface area contributed by atoms with Gasteiger partial charge in [0.25, 0.3) is 0 Å². The minimum Gasteiger partial charge on any atom is -0.469 e. The van der Waals surface area contributed by atoms with Crippen molar-refractivity contribution >= 4 is 11.9 Å². The normalized spacial score (nSPS) is 32.1. The lowest BCUT2D eigenvalue weighted by Crippen LogP contribution is -2.49. The highest BCUT2D eigenvalue weighted by Crippen LogP contribution is 2.53. The van der Waals surface area contributed by atoms with E-state index < -0.39 is 17.1 Å². The predicted molar refractivity (Wildman–Crippen MR) is 108 cm³/mol. The minimum atomic E-state index is -0.804. The first-order valence-corrected chi connectivity index (χ1v) is 11.0. The molecule has 0 N–H and O–H groups in total. The van der Waals surface area contributed by atoms with E-state index in [4.69, 9.17) is 19.3 Å². The van der Waals surface area contributed by atoms with E-state index in [9.17, 15) is 9.59 Å². The second kappa shape index (κ2) is 7.96. The molecule has 0 spiro atoms. The lowest BCUT2D eigenvalue weighted by Gasteiger charge is -2.34. The molecule has 4 heterocycles. The zero-order chi connectivity index (χ0) is 21.5. The summed E-state index contributed by atoms with van der Waals surface area (Å²) in [5.41, 5.74) is -0.604. The zero-order valence-corrected chi connectivity index (χ0v) is 18.4. The summed E-state index contributed by atoms with van der Waals surface area (Å²) in [5, 5.41) is 4.80. The Kier molecular flexibility index (Phi) is 5.66. The van der Waals surface area contributed by atoms with Crippen molar-refractivity contribution in [2.45, 2.75) is 82.7 Å². The second-order valence-corrected chi connectivity index (χ2v) is 9.65. The molecule has 3 aliphatic rings. The topological polar surface area (TPSA) is 82.9 Å². The molecule has 1 aromatic rings. The molecule has 166 valence electrons. The number of hydrogen-bond acceptors (Lipinski definition) is 7. The highest BCUT2D eigenvalue weighted by molar-refractivity contribution is 5.85. The standard InChI is InChI=1S/C22H33N3O5/c1-21(2,3)30-20(27)22-10-7-11-24(22)18(15(14-22)19(26)28-4)16-9-12-25(23-16)17-8-5-6-13-29-17/h9,12,15,17-18H,5-8,10-11,13-14H2,1-4H3/t15-,17?,18+,22+/m0/s1. The van der Waals surface area contributed by atoms with Gasteiger partial charge in [0.2, 0.25) is 0 Å². The van der Waals surface area contributed by atoms with E-state index in [-0.39, 0.29) is 24.2 Å². The Balaban J connectivity index is 1.66. The third-order valence-corrected chi connectivity index (χ3v) is 6.48. The van der Waals surface area contributed by atoms with Gasteiger partial charge in [0.15, 0.2) is 0 Å². The van der Waals surface area contributed by atoms with Crippen LogP contribution in [0.3, 0.4) is 0 Å². The van der Waals surface area contributed by atoms with Crippen LogP contribution in [-0.2, 0) is 23.8 Å². The molecule has 0 radical (unpaired) electrons. The average Bonchev–Trinajstić information content (AvgIpc) is 3.40. The van der Waals surface area contributed by atoms with Crippen molar-refractivity contribution in [3.05, 3.63) is 18.0 Å². The van der Waals surface area contributed by atoms with E-state index in [1.54, 1.807) is 0 Å². The largest absolute Gasteiger partial charge is 0.469 e. The molecule has 8 nitrogen and oxygen atoms in total. The van der Waals surface area contributed by atoms with E-state index in [0.29, 0.717) is 12.8 Å². The number of aromatic nitrogens is 2. The highest BCUT2D eigenvalue weighted by atomic mass is 16.6. The van der Waals surface area contributed by atoms with Crippen LogP contribution in [0.5, 0.6) is 0 Å². The van der Waals surface area contributed by atoms with Gasteiger partial charge >= 0.3 is 11.9 Å². The highest BCUT2D eigenvalue weighted by Gasteiger charge is 2.62. The van der Waals surface area contributed by atoms with E-state index in [0.717, 1.165) is 44.5 Å². The first-order valence-electron chi connectivity index (χ1n) is 11.0. The van der Waals surface area contributed by atoms with Gasteiger partial charge in [0.1, 0.15) is 17.4 Å².